The molecule has 0 amide bonds. The molecule has 2 rings (SSSR count). The minimum atomic E-state index is -0.358. The first-order valence-electron chi connectivity index (χ1n) is 5.93. The lowest BCUT2D eigenvalue weighted by molar-refractivity contribution is 0.0820. The highest BCUT2D eigenvalue weighted by atomic mass is 19.1. The Morgan fingerprint density at radius 2 is 2.12 bits per heavy atom. The lowest BCUT2D eigenvalue weighted by Crippen LogP contribution is -2.50. The SMILES string of the molecule is CC(C(=O)c1cccc(F)c1)N1CCNCC1. The second-order valence-corrected chi connectivity index (χ2v) is 4.34. The van der Waals surface area contributed by atoms with Gasteiger partial charge >= 0.3 is 0 Å². The van der Waals surface area contributed by atoms with Crippen molar-refractivity contribution in [3.63, 3.8) is 0 Å². The molecular weight excluding hydrogens is 219 g/mol. The van der Waals surface area contributed by atoms with Crippen molar-refractivity contribution < 1.29 is 9.18 Å². The summed E-state index contributed by atoms with van der Waals surface area (Å²) in [5.74, 6) is -0.366. The van der Waals surface area contributed by atoms with E-state index >= 15 is 0 Å². The maximum Gasteiger partial charge on any atom is 0.179 e. The van der Waals surface area contributed by atoms with E-state index in [4.69, 9.17) is 0 Å². The van der Waals surface area contributed by atoms with Crippen molar-refractivity contribution in [2.24, 2.45) is 0 Å². The van der Waals surface area contributed by atoms with Crippen molar-refractivity contribution >= 4 is 5.78 Å². The van der Waals surface area contributed by atoms with Gasteiger partial charge in [0.05, 0.1) is 6.04 Å². The van der Waals surface area contributed by atoms with Gasteiger partial charge in [-0.2, -0.15) is 0 Å². The Morgan fingerprint density at radius 1 is 1.41 bits per heavy atom. The number of rotatable bonds is 3. The summed E-state index contributed by atoms with van der Waals surface area (Å²) in [5.41, 5.74) is 0.455. The summed E-state index contributed by atoms with van der Waals surface area (Å²) in [4.78, 5) is 14.3. The summed E-state index contributed by atoms with van der Waals surface area (Å²) in [7, 11) is 0. The predicted molar refractivity (Wildman–Crippen MR) is 64.6 cm³/mol. The normalized spacial score (nSPS) is 18.9. The van der Waals surface area contributed by atoms with Gasteiger partial charge in [0.1, 0.15) is 5.82 Å². The molecule has 1 aromatic carbocycles. The molecule has 92 valence electrons. The number of halogens is 1. The molecule has 1 heterocycles. The minimum Gasteiger partial charge on any atom is -0.314 e. The molecule has 17 heavy (non-hydrogen) atoms. The van der Waals surface area contributed by atoms with Gasteiger partial charge in [0, 0.05) is 31.7 Å². The summed E-state index contributed by atoms with van der Waals surface area (Å²) in [6.45, 7) is 5.42. The zero-order valence-corrected chi connectivity index (χ0v) is 9.95. The fourth-order valence-corrected chi connectivity index (χ4v) is 2.12. The summed E-state index contributed by atoms with van der Waals surface area (Å²) in [6.07, 6.45) is 0. The summed E-state index contributed by atoms with van der Waals surface area (Å²) in [6, 6.07) is 5.73. The molecular formula is C13H17FN2O. The third kappa shape index (κ3) is 2.90. The average molecular weight is 236 g/mol. The largest absolute Gasteiger partial charge is 0.314 e. The number of carbonyl (C=O) groups excluding carboxylic acids is 1. The molecule has 1 atom stereocenters. The van der Waals surface area contributed by atoms with Gasteiger partial charge in [-0.25, -0.2) is 4.39 Å². The average Bonchev–Trinajstić information content (AvgIpc) is 2.38. The molecule has 0 aromatic heterocycles. The Bertz CT molecular complexity index is 402. The molecule has 1 unspecified atom stereocenters. The maximum atomic E-state index is 13.1. The number of Topliss-reactive ketones (excluding diaryl/α,β-unsaturated/α-hetero) is 1. The van der Waals surface area contributed by atoms with E-state index < -0.39 is 0 Å². The van der Waals surface area contributed by atoms with E-state index in [0.717, 1.165) is 26.2 Å². The van der Waals surface area contributed by atoms with Crippen LogP contribution in [0.4, 0.5) is 4.39 Å². The van der Waals surface area contributed by atoms with Crippen molar-refractivity contribution in [2.45, 2.75) is 13.0 Å². The summed E-state index contributed by atoms with van der Waals surface area (Å²) < 4.78 is 13.1. The standard InChI is InChI=1S/C13H17FN2O/c1-10(16-7-5-15-6-8-16)13(17)11-3-2-4-12(14)9-11/h2-4,9-10,15H,5-8H2,1H3. The second-order valence-electron chi connectivity index (χ2n) is 4.34. The molecule has 1 N–H and O–H groups in total. The molecule has 1 aliphatic heterocycles. The Balaban J connectivity index is 2.08. The number of hydrogen-bond donors (Lipinski definition) is 1. The fraction of sp³-hybridized carbons (Fsp3) is 0.462. The monoisotopic (exact) mass is 236 g/mol. The van der Waals surface area contributed by atoms with Crippen molar-refractivity contribution in [3.05, 3.63) is 35.6 Å². The molecule has 3 nitrogen and oxygen atoms in total. The number of carbonyl (C=O) groups is 1. The molecule has 1 fully saturated rings. The van der Waals surface area contributed by atoms with Gasteiger partial charge in [0.2, 0.25) is 0 Å². The third-order valence-electron chi connectivity index (χ3n) is 3.19. The number of hydrogen-bond acceptors (Lipinski definition) is 3. The maximum absolute atomic E-state index is 13.1. The van der Waals surface area contributed by atoms with Gasteiger partial charge < -0.3 is 5.32 Å². The smallest absolute Gasteiger partial charge is 0.179 e. The van der Waals surface area contributed by atoms with Crippen LogP contribution < -0.4 is 5.32 Å². The van der Waals surface area contributed by atoms with Gasteiger partial charge in [0.15, 0.2) is 5.78 Å². The first-order valence-corrected chi connectivity index (χ1v) is 5.93. The van der Waals surface area contributed by atoms with E-state index in [1.165, 1.54) is 12.1 Å². The van der Waals surface area contributed by atoms with Crippen LogP contribution in [-0.2, 0) is 0 Å². The highest BCUT2D eigenvalue weighted by Gasteiger charge is 2.23. The Hall–Kier alpha value is -1.26. The molecule has 1 aromatic rings. The third-order valence-corrected chi connectivity index (χ3v) is 3.19. The van der Waals surface area contributed by atoms with Crippen LogP contribution >= 0.6 is 0 Å². The molecule has 1 saturated heterocycles. The summed E-state index contributed by atoms with van der Waals surface area (Å²) in [5, 5.41) is 3.24. The van der Waals surface area contributed by atoms with Crippen LogP contribution in [0, 0.1) is 5.82 Å². The number of nitrogens with one attached hydrogen (secondary N) is 1. The number of piperazine rings is 1. The van der Waals surface area contributed by atoms with Crippen LogP contribution in [0.5, 0.6) is 0 Å². The van der Waals surface area contributed by atoms with Gasteiger partial charge in [-0.05, 0) is 19.1 Å². The predicted octanol–water partition coefficient (Wildman–Crippen LogP) is 1.30. The highest BCUT2D eigenvalue weighted by molar-refractivity contribution is 5.99. The van der Waals surface area contributed by atoms with Crippen LogP contribution in [0.25, 0.3) is 0 Å². The van der Waals surface area contributed by atoms with Crippen molar-refractivity contribution in [1.82, 2.24) is 10.2 Å². The van der Waals surface area contributed by atoms with E-state index in [2.05, 4.69) is 10.2 Å². The van der Waals surface area contributed by atoms with E-state index in [0.29, 0.717) is 5.56 Å². The minimum absolute atomic E-state index is 0.00796. The lowest BCUT2D eigenvalue weighted by atomic mass is 10.0. The molecule has 0 spiro atoms. The fourth-order valence-electron chi connectivity index (χ4n) is 2.12. The molecule has 1 aliphatic rings. The number of benzene rings is 1. The second kappa shape index (κ2) is 5.38. The van der Waals surface area contributed by atoms with Crippen LogP contribution in [0.15, 0.2) is 24.3 Å². The van der Waals surface area contributed by atoms with Crippen LogP contribution in [-0.4, -0.2) is 42.9 Å². The molecule has 0 bridgehead atoms. The molecule has 4 heteroatoms. The van der Waals surface area contributed by atoms with Crippen molar-refractivity contribution in [3.8, 4) is 0 Å². The molecule has 0 radical (unpaired) electrons. The highest BCUT2D eigenvalue weighted by Crippen LogP contribution is 2.11. The van der Waals surface area contributed by atoms with E-state index in [1.54, 1.807) is 12.1 Å². The quantitative estimate of drug-likeness (QED) is 0.803. The zero-order chi connectivity index (χ0) is 12.3. The topological polar surface area (TPSA) is 32.3 Å². The number of nitrogens with zero attached hydrogens (tertiary/aromatic N) is 1. The first kappa shape index (κ1) is 12.2. The summed E-state index contributed by atoms with van der Waals surface area (Å²) >= 11 is 0. The van der Waals surface area contributed by atoms with E-state index in [9.17, 15) is 9.18 Å². The van der Waals surface area contributed by atoms with Gasteiger partial charge in [-0.15, -0.1) is 0 Å². The van der Waals surface area contributed by atoms with Gasteiger partial charge in [-0.3, -0.25) is 9.69 Å². The zero-order valence-electron chi connectivity index (χ0n) is 9.95. The number of ketones is 1. The van der Waals surface area contributed by atoms with Crippen molar-refractivity contribution in [1.29, 1.82) is 0 Å². The lowest BCUT2D eigenvalue weighted by Gasteiger charge is -2.31. The molecule has 0 aliphatic carbocycles. The van der Waals surface area contributed by atoms with Crippen molar-refractivity contribution in [2.75, 3.05) is 26.2 Å². The molecule has 0 saturated carbocycles. The Labute approximate surface area is 101 Å². The van der Waals surface area contributed by atoms with Crippen LogP contribution in [0.1, 0.15) is 17.3 Å². The van der Waals surface area contributed by atoms with Crippen LogP contribution in [0.2, 0.25) is 0 Å². The van der Waals surface area contributed by atoms with E-state index in [1.807, 2.05) is 6.92 Å². The Kier molecular flexibility index (Phi) is 3.86. The first-order chi connectivity index (χ1) is 8.18. The van der Waals surface area contributed by atoms with Gasteiger partial charge in [0.25, 0.3) is 0 Å². The van der Waals surface area contributed by atoms with Gasteiger partial charge in [-0.1, -0.05) is 12.1 Å². The Morgan fingerprint density at radius 3 is 2.76 bits per heavy atom. The van der Waals surface area contributed by atoms with E-state index in [-0.39, 0.29) is 17.6 Å². The van der Waals surface area contributed by atoms with Crippen LogP contribution in [0.3, 0.4) is 0 Å².